The molecule has 25 heavy (non-hydrogen) atoms. The van der Waals surface area contributed by atoms with Crippen molar-refractivity contribution in [3.63, 3.8) is 0 Å². The smallest absolute Gasteiger partial charge is 0.416 e. The number of fused-ring (bicyclic) bond motifs is 1. The maximum Gasteiger partial charge on any atom is 0.416 e. The van der Waals surface area contributed by atoms with Crippen LogP contribution in [0.4, 0.5) is 18.9 Å². The van der Waals surface area contributed by atoms with Crippen molar-refractivity contribution in [2.75, 3.05) is 31.2 Å². The number of pyridine rings is 1. The highest BCUT2D eigenvalue weighted by molar-refractivity contribution is 6.04. The molecule has 5 nitrogen and oxygen atoms in total. The first-order valence-corrected chi connectivity index (χ1v) is 7.89. The summed E-state index contributed by atoms with van der Waals surface area (Å²) in [5.41, 5.74) is 1.51. The van der Waals surface area contributed by atoms with Gasteiger partial charge in [0.15, 0.2) is 6.10 Å². The van der Waals surface area contributed by atoms with Crippen LogP contribution in [0.25, 0.3) is 10.9 Å². The molecule has 1 aromatic heterocycles. The van der Waals surface area contributed by atoms with Crippen LogP contribution in [0.1, 0.15) is 17.3 Å². The third-order valence-electron chi connectivity index (χ3n) is 4.02. The van der Waals surface area contributed by atoms with Crippen molar-refractivity contribution in [3.05, 3.63) is 36.0 Å². The number of halogens is 3. The molecule has 0 bridgehead atoms. The first kappa shape index (κ1) is 17.5. The van der Waals surface area contributed by atoms with Crippen LogP contribution in [0.2, 0.25) is 0 Å². The first-order chi connectivity index (χ1) is 11.9. The van der Waals surface area contributed by atoms with Crippen molar-refractivity contribution in [3.8, 4) is 0 Å². The lowest BCUT2D eigenvalue weighted by atomic mass is 10.1. The second kappa shape index (κ2) is 6.87. The molecule has 8 heteroatoms. The Morgan fingerprint density at radius 3 is 2.92 bits per heavy atom. The van der Waals surface area contributed by atoms with Crippen molar-refractivity contribution < 1.29 is 27.4 Å². The number of aromatic nitrogens is 1. The standard InChI is InChI=1S/C17H17F3N2O3/c1-2-24-16(23)12-5-6-21-14-4-3-11(9-13(12)14)22-7-8-25-15(10-22)17(18,19)20/h3-6,9,15H,2,7-8,10H2,1H3. The Morgan fingerprint density at radius 2 is 2.20 bits per heavy atom. The van der Waals surface area contributed by atoms with Crippen molar-refractivity contribution in [2.45, 2.75) is 19.2 Å². The molecular weight excluding hydrogens is 337 g/mol. The van der Waals surface area contributed by atoms with Crippen LogP contribution in [0.5, 0.6) is 0 Å². The molecule has 3 rings (SSSR count). The number of anilines is 1. The van der Waals surface area contributed by atoms with Crippen molar-refractivity contribution in [2.24, 2.45) is 0 Å². The second-order valence-corrected chi connectivity index (χ2v) is 5.63. The summed E-state index contributed by atoms with van der Waals surface area (Å²) in [5, 5.41) is 0.550. The van der Waals surface area contributed by atoms with Gasteiger partial charge in [0.1, 0.15) is 0 Å². The fourth-order valence-electron chi connectivity index (χ4n) is 2.80. The molecule has 0 saturated carbocycles. The predicted octanol–water partition coefficient (Wildman–Crippen LogP) is 3.18. The third-order valence-corrected chi connectivity index (χ3v) is 4.02. The van der Waals surface area contributed by atoms with E-state index in [1.807, 2.05) is 0 Å². The Morgan fingerprint density at radius 1 is 1.40 bits per heavy atom. The highest BCUT2D eigenvalue weighted by atomic mass is 19.4. The summed E-state index contributed by atoms with van der Waals surface area (Å²) in [6, 6.07) is 6.60. The quantitative estimate of drug-likeness (QED) is 0.793. The van der Waals surface area contributed by atoms with E-state index in [1.54, 1.807) is 36.1 Å². The summed E-state index contributed by atoms with van der Waals surface area (Å²) in [6.45, 7) is 1.98. The number of carbonyl (C=O) groups excluding carboxylic acids is 1. The van der Waals surface area contributed by atoms with Crippen molar-refractivity contribution in [1.82, 2.24) is 4.98 Å². The van der Waals surface area contributed by atoms with Crippen LogP contribution in [0.15, 0.2) is 30.5 Å². The molecule has 2 heterocycles. The zero-order valence-corrected chi connectivity index (χ0v) is 13.5. The average Bonchev–Trinajstić information content (AvgIpc) is 2.60. The highest BCUT2D eigenvalue weighted by Gasteiger charge is 2.43. The molecule has 0 aliphatic carbocycles. The average molecular weight is 354 g/mol. The number of rotatable bonds is 3. The molecule has 2 aromatic rings. The molecule has 0 radical (unpaired) electrons. The van der Waals surface area contributed by atoms with E-state index >= 15 is 0 Å². The Kier molecular flexibility index (Phi) is 4.80. The molecule has 0 amide bonds. The number of carbonyl (C=O) groups is 1. The lowest BCUT2D eigenvalue weighted by molar-refractivity contribution is -0.221. The molecular formula is C17H17F3N2O3. The fraction of sp³-hybridized carbons (Fsp3) is 0.412. The molecule has 0 spiro atoms. The van der Waals surface area contributed by atoms with E-state index in [1.165, 1.54) is 6.20 Å². The molecule has 0 N–H and O–H groups in total. The van der Waals surface area contributed by atoms with Crippen molar-refractivity contribution in [1.29, 1.82) is 0 Å². The van der Waals surface area contributed by atoms with E-state index in [9.17, 15) is 18.0 Å². The van der Waals surface area contributed by atoms with Gasteiger partial charge in [0.05, 0.1) is 30.8 Å². The van der Waals surface area contributed by atoms with Gasteiger partial charge in [-0.1, -0.05) is 0 Å². The molecule has 1 fully saturated rings. The number of hydrogen-bond donors (Lipinski definition) is 0. The highest BCUT2D eigenvalue weighted by Crippen LogP contribution is 2.30. The zero-order valence-electron chi connectivity index (χ0n) is 13.5. The van der Waals surface area contributed by atoms with E-state index in [4.69, 9.17) is 9.47 Å². The van der Waals surface area contributed by atoms with E-state index in [0.717, 1.165) is 0 Å². The van der Waals surface area contributed by atoms with E-state index in [0.29, 0.717) is 28.7 Å². The van der Waals surface area contributed by atoms with Crippen LogP contribution in [0.3, 0.4) is 0 Å². The molecule has 1 saturated heterocycles. The second-order valence-electron chi connectivity index (χ2n) is 5.63. The SMILES string of the molecule is CCOC(=O)c1ccnc2ccc(N3CCOC(C(F)(F)F)C3)cc12. The van der Waals surface area contributed by atoms with Crippen LogP contribution in [-0.4, -0.2) is 49.5 Å². The molecule has 1 aromatic carbocycles. The maximum atomic E-state index is 12.9. The van der Waals surface area contributed by atoms with Gasteiger partial charge in [-0.25, -0.2) is 4.79 Å². The van der Waals surface area contributed by atoms with Crippen LogP contribution in [-0.2, 0) is 9.47 Å². The number of esters is 1. The van der Waals surface area contributed by atoms with Gasteiger partial charge in [0, 0.05) is 23.8 Å². The lowest BCUT2D eigenvalue weighted by Gasteiger charge is -2.35. The fourth-order valence-corrected chi connectivity index (χ4v) is 2.80. The normalized spacial score (nSPS) is 18.4. The van der Waals surface area contributed by atoms with Crippen LogP contribution in [0, 0.1) is 0 Å². The predicted molar refractivity (Wildman–Crippen MR) is 85.7 cm³/mol. The van der Waals surface area contributed by atoms with Gasteiger partial charge in [-0.05, 0) is 31.2 Å². The molecule has 1 atom stereocenters. The van der Waals surface area contributed by atoms with Crippen LogP contribution >= 0.6 is 0 Å². The third kappa shape index (κ3) is 3.68. The van der Waals surface area contributed by atoms with E-state index < -0.39 is 18.2 Å². The minimum absolute atomic E-state index is 0.0139. The Balaban J connectivity index is 1.95. The van der Waals surface area contributed by atoms with Gasteiger partial charge >= 0.3 is 12.1 Å². The molecule has 1 unspecified atom stereocenters. The van der Waals surface area contributed by atoms with Gasteiger partial charge in [0.2, 0.25) is 0 Å². The van der Waals surface area contributed by atoms with Crippen LogP contribution < -0.4 is 4.90 Å². The number of nitrogens with zero attached hydrogens (tertiary/aromatic N) is 2. The molecule has 1 aliphatic heterocycles. The first-order valence-electron chi connectivity index (χ1n) is 7.89. The largest absolute Gasteiger partial charge is 0.462 e. The Labute approximate surface area is 142 Å². The maximum absolute atomic E-state index is 12.9. The number of benzene rings is 1. The number of alkyl halides is 3. The van der Waals surface area contributed by atoms with Gasteiger partial charge in [0.25, 0.3) is 0 Å². The number of ether oxygens (including phenoxy) is 2. The summed E-state index contributed by atoms with van der Waals surface area (Å²) in [7, 11) is 0. The Hall–Kier alpha value is -2.35. The monoisotopic (exact) mass is 354 g/mol. The summed E-state index contributed by atoms with van der Waals surface area (Å²) < 4.78 is 48.6. The van der Waals surface area contributed by atoms with Gasteiger partial charge in [-0.15, -0.1) is 0 Å². The topological polar surface area (TPSA) is 51.7 Å². The number of hydrogen-bond acceptors (Lipinski definition) is 5. The number of morpholine rings is 1. The molecule has 1 aliphatic rings. The van der Waals surface area contributed by atoms with Gasteiger partial charge < -0.3 is 14.4 Å². The minimum atomic E-state index is -4.41. The van der Waals surface area contributed by atoms with Gasteiger partial charge in [-0.3, -0.25) is 4.98 Å². The summed E-state index contributed by atoms with van der Waals surface area (Å²) >= 11 is 0. The zero-order chi connectivity index (χ0) is 18.0. The summed E-state index contributed by atoms with van der Waals surface area (Å²) in [6.07, 6.45) is -4.73. The lowest BCUT2D eigenvalue weighted by Crippen LogP contribution is -2.49. The molecule has 134 valence electrons. The van der Waals surface area contributed by atoms with Crippen molar-refractivity contribution >= 4 is 22.6 Å². The minimum Gasteiger partial charge on any atom is -0.462 e. The van der Waals surface area contributed by atoms with E-state index in [2.05, 4.69) is 4.98 Å². The Bertz CT molecular complexity index is 779. The summed E-state index contributed by atoms with van der Waals surface area (Å²) in [4.78, 5) is 17.9. The summed E-state index contributed by atoms with van der Waals surface area (Å²) in [5.74, 6) is -0.484. The van der Waals surface area contributed by atoms with Gasteiger partial charge in [-0.2, -0.15) is 13.2 Å². The van der Waals surface area contributed by atoms with E-state index in [-0.39, 0.29) is 19.8 Å².